The molecule has 0 saturated carbocycles. The number of carboxylic acids is 1. The molecule has 94 valence electrons. The Kier molecular flexibility index (Phi) is 3.74. The molecule has 0 saturated heterocycles. The predicted octanol–water partition coefficient (Wildman–Crippen LogP) is 0.644. The Bertz CT molecular complexity index is 536. The van der Waals surface area contributed by atoms with Gasteiger partial charge < -0.3 is 9.84 Å². The van der Waals surface area contributed by atoms with Gasteiger partial charge in [-0.1, -0.05) is 6.07 Å². The van der Waals surface area contributed by atoms with Crippen molar-refractivity contribution < 1.29 is 23.1 Å². The van der Waals surface area contributed by atoms with E-state index in [2.05, 4.69) is 0 Å². The Labute approximate surface area is 99.5 Å². The van der Waals surface area contributed by atoms with Gasteiger partial charge in [-0.15, -0.1) is 0 Å². The van der Waals surface area contributed by atoms with Crippen LogP contribution >= 0.6 is 0 Å². The normalized spacial score (nSPS) is 11.5. The second-order valence-corrected chi connectivity index (χ2v) is 5.55. The van der Waals surface area contributed by atoms with Gasteiger partial charge in [0.05, 0.1) is 7.11 Å². The van der Waals surface area contributed by atoms with Crippen molar-refractivity contribution in [2.45, 2.75) is 4.90 Å². The fourth-order valence-corrected chi connectivity index (χ4v) is 2.39. The number of ether oxygens (including phenoxy) is 1. The summed E-state index contributed by atoms with van der Waals surface area (Å²) in [6.45, 7) is 0. The summed E-state index contributed by atoms with van der Waals surface area (Å²) in [5.41, 5.74) is -0.358. The van der Waals surface area contributed by atoms with Crippen LogP contribution in [-0.4, -0.2) is 45.0 Å². The standard InChI is InChI=1S/C10H13NO5S/c1-11(2)17(14,15)8-6-4-5-7(16-3)9(8)10(12)13/h4-6H,1-3H3,(H,12,13). The maximum absolute atomic E-state index is 11.9. The van der Waals surface area contributed by atoms with Crippen molar-refractivity contribution in [3.63, 3.8) is 0 Å². The van der Waals surface area contributed by atoms with Gasteiger partial charge in [0.25, 0.3) is 0 Å². The van der Waals surface area contributed by atoms with Gasteiger partial charge in [0.1, 0.15) is 16.2 Å². The summed E-state index contributed by atoms with van der Waals surface area (Å²) < 4.78 is 29.7. The van der Waals surface area contributed by atoms with Crippen molar-refractivity contribution in [2.24, 2.45) is 0 Å². The molecule has 6 nitrogen and oxygen atoms in total. The number of hydrogen-bond acceptors (Lipinski definition) is 4. The largest absolute Gasteiger partial charge is 0.496 e. The molecule has 1 rings (SSSR count). The van der Waals surface area contributed by atoms with E-state index in [-0.39, 0.29) is 16.2 Å². The first-order valence-electron chi connectivity index (χ1n) is 4.65. The molecule has 0 heterocycles. The first-order chi connectivity index (χ1) is 7.82. The summed E-state index contributed by atoms with van der Waals surface area (Å²) in [6.07, 6.45) is 0. The number of aromatic carboxylic acids is 1. The Morgan fingerprint density at radius 1 is 1.35 bits per heavy atom. The minimum atomic E-state index is -3.81. The zero-order valence-electron chi connectivity index (χ0n) is 9.67. The van der Waals surface area contributed by atoms with E-state index in [9.17, 15) is 13.2 Å². The fourth-order valence-electron chi connectivity index (χ4n) is 1.30. The number of nitrogens with zero attached hydrogens (tertiary/aromatic N) is 1. The second-order valence-electron chi connectivity index (χ2n) is 3.43. The lowest BCUT2D eigenvalue weighted by molar-refractivity contribution is 0.0688. The van der Waals surface area contributed by atoms with Crippen LogP contribution in [0.2, 0.25) is 0 Å². The molecule has 1 aromatic rings. The Morgan fingerprint density at radius 2 is 1.94 bits per heavy atom. The molecule has 0 unspecified atom stereocenters. The highest BCUT2D eigenvalue weighted by Crippen LogP contribution is 2.27. The average Bonchev–Trinajstić information content (AvgIpc) is 2.27. The van der Waals surface area contributed by atoms with E-state index in [0.717, 1.165) is 4.31 Å². The molecule has 0 aliphatic heterocycles. The molecular weight excluding hydrogens is 246 g/mol. The molecule has 0 aromatic heterocycles. The zero-order valence-corrected chi connectivity index (χ0v) is 10.5. The van der Waals surface area contributed by atoms with Gasteiger partial charge in [0.2, 0.25) is 10.0 Å². The SMILES string of the molecule is COc1cccc(S(=O)(=O)N(C)C)c1C(=O)O. The third-order valence-electron chi connectivity index (χ3n) is 2.18. The summed E-state index contributed by atoms with van der Waals surface area (Å²) in [5, 5.41) is 9.06. The average molecular weight is 259 g/mol. The molecule has 0 aliphatic carbocycles. The highest BCUT2D eigenvalue weighted by molar-refractivity contribution is 7.89. The van der Waals surface area contributed by atoms with E-state index in [1.807, 2.05) is 0 Å². The van der Waals surface area contributed by atoms with Crippen LogP contribution in [0.25, 0.3) is 0 Å². The zero-order chi connectivity index (χ0) is 13.2. The summed E-state index contributed by atoms with van der Waals surface area (Å²) in [7, 11) is 0.140. The number of benzene rings is 1. The fraction of sp³-hybridized carbons (Fsp3) is 0.300. The lowest BCUT2D eigenvalue weighted by atomic mass is 10.2. The number of rotatable bonds is 4. The van der Waals surface area contributed by atoms with Gasteiger partial charge in [-0.05, 0) is 12.1 Å². The third-order valence-corrected chi connectivity index (χ3v) is 4.04. The van der Waals surface area contributed by atoms with Crippen LogP contribution in [0.15, 0.2) is 23.1 Å². The maximum atomic E-state index is 11.9. The summed E-state index contributed by atoms with van der Waals surface area (Å²) >= 11 is 0. The number of hydrogen-bond donors (Lipinski definition) is 1. The van der Waals surface area contributed by atoms with Crippen LogP contribution in [0.3, 0.4) is 0 Å². The van der Waals surface area contributed by atoms with Gasteiger partial charge >= 0.3 is 5.97 Å². The number of sulfonamides is 1. The minimum absolute atomic E-state index is 0.0143. The van der Waals surface area contributed by atoms with Crippen LogP contribution < -0.4 is 4.74 Å². The molecule has 7 heteroatoms. The highest BCUT2D eigenvalue weighted by atomic mass is 32.2. The smallest absolute Gasteiger partial charge is 0.340 e. The molecule has 0 spiro atoms. The molecule has 0 amide bonds. The van der Waals surface area contributed by atoms with E-state index in [0.29, 0.717) is 0 Å². The second kappa shape index (κ2) is 4.72. The van der Waals surface area contributed by atoms with Gasteiger partial charge in [0, 0.05) is 14.1 Å². The van der Waals surface area contributed by atoms with Crippen LogP contribution in [0.5, 0.6) is 5.75 Å². The van der Waals surface area contributed by atoms with E-state index in [4.69, 9.17) is 9.84 Å². The van der Waals surface area contributed by atoms with Gasteiger partial charge in [0.15, 0.2) is 0 Å². The minimum Gasteiger partial charge on any atom is -0.496 e. The van der Waals surface area contributed by atoms with Gasteiger partial charge in [-0.2, -0.15) is 0 Å². The first kappa shape index (κ1) is 13.5. The molecule has 0 bridgehead atoms. The van der Waals surface area contributed by atoms with Crippen molar-refractivity contribution in [1.29, 1.82) is 0 Å². The monoisotopic (exact) mass is 259 g/mol. The van der Waals surface area contributed by atoms with E-state index in [1.165, 1.54) is 39.4 Å². The lowest BCUT2D eigenvalue weighted by Gasteiger charge is -2.15. The van der Waals surface area contributed by atoms with Crippen LogP contribution in [0.1, 0.15) is 10.4 Å². The Balaban J connectivity index is 3.61. The van der Waals surface area contributed by atoms with Crippen LogP contribution in [0, 0.1) is 0 Å². The summed E-state index contributed by atoms with van der Waals surface area (Å²) in [5.74, 6) is -1.33. The molecule has 0 aliphatic rings. The van der Waals surface area contributed by atoms with Crippen molar-refractivity contribution >= 4 is 16.0 Å². The highest BCUT2D eigenvalue weighted by Gasteiger charge is 2.27. The molecule has 0 atom stereocenters. The van der Waals surface area contributed by atoms with E-state index in [1.54, 1.807) is 0 Å². The molecule has 1 aromatic carbocycles. The number of carboxylic acid groups (broad SMARTS) is 1. The summed E-state index contributed by atoms with van der Waals surface area (Å²) in [4.78, 5) is 10.8. The number of carbonyl (C=O) groups is 1. The van der Waals surface area contributed by atoms with Crippen molar-refractivity contribution in [3.05, 3.63) is 23.8 Å². The van der Waals surface area contributed by atoms with Gasteiger partial charge in [-0.25, -0.2) is 17.5 Å². The Morgan fingerprint density at radius 3 is 2.35 bits per heavy atom. The van der Waals surface area contributed by atoms with Crippen LogP contribution in [0.4, 0.5) is 0 Å². The van der Waals surface area contributed by atoms with Crippen LogP contribution in [-0.2, 0) is 10.0 Å². The van der Waals surface area contributed by atoms with Gasteiger partial charge in [-0.3, -0.25) is 0 Å². The third kappa shape index (κ3) is 2.40. The maximum Gasteiger partial charge on any atom is 0.340 e. The summed E-state index contributed by atoms with van der Waals surface area (Å²) in [6, 6.07) is 4.07. The van der Waals surface area contributed by atoms with Crippen molar-refractivity contribution in [3.8, 4) is 5.75 Å². The molecular formula is C10H13NO5S. The lowest BCUT2D eigenvalue weighted by Crippen LogP contribution is -2.24. The molecule has 0 fully saturated rings. The molecule has 1 N–H and O–H groups in total. The predicted molar refractivity (Wildman–Crippen MR) is 60.8 cm³/mol. The van der Waals surface area contributed by atoms with Crippen molar-refractivity contribution in [1.82, 2.24) is 4.31 Å². The quantitative estimate of drug-likeness (QED) is 0.858. The van der Waals surface area contributed by atoms with E-state index >= 15 is 0 Å². The molecule has 0 radical (unpaired) electrons. The molecule has 17 heavy (non-hydrogen) atoms. The van der Waals surface area contributed by atoms with E-state index < -0.39 is 16.0 Å². The Hall–Kier alpha value is -1.60. The first-order valence-corrected chi connectivity index (χ1v) is 6.09. The number of methoxy groups -OCH3 is 1. The van der Waals surface area contributed by atoms with Crippen molar-refractivity contribution in [2.75, 3.05) is 21.2 Å². The topological polar surface area (TPSA) is 83.9 Å².